The van der Waals surface area contributed by atoms with Crippen LogP contribution in [0.15, 0.2) is 60.8 Å². The number of amides is 1. The normalized spacial score (nSPS) is 15.7. The summed E-state index contributed by atoms with van der Waals surface area (Å²) in [5.74, 6) is -4.67. The fraction of sp³-hybridized carbons (Fsp3) is 0.226. The van der Waals surface area contributed by atoms with Crippen LogP contribution in [-0.2, 0) is 11.2 Å². The van der Waals surface area contributed by atoms with Gasteiger partial charge in [-0.25, -0.2) is 18.4 Å². The second kappa shape index (κ2) is 12.1. The van der Waals surface area contributed by atoms with Gasteiger partial charge < -0.3 is 20.6 Å². The first-order chi connectivity index (χ1) is 20.2. The van der Waals surface area contributed by atoms with Gasteiger partial charge in [-0.2, -0.15) is 0 Å². The molecule has 0 spiro atoms. The number of hydrogen-bond donors (Lipinski definition) is 3. The van der Waals surface area contributed by atoms with Gasteiger partial charge in [0.25, 0.3) is 5.91 Å². The van der Waals surface area contributed by atoms with Crippen molar-refractivity contribution < 1.29 is 23.5 Å². The van der Waals surface area contributed by atoms with Crippen LogP contribution >= 0.6 is 11.6 Å². The number of piperazine rings is 1. The van der Waals surface area contributed by atoms with Crippen LogP contribution in [0.25, 0.3) is 26.9 Å². The molecule has 214 valence electrons. The van der Waals surface area contributed by atoms with Crippen molar-refractivity contribution in [2.75, 3.05) is 24.5 Å². The molecule has 0 bridgehead atoms. The molecule has 3 aromatic carbocycles. The zero-order valence-electron chi connectivity index (χ0n) is 22.5. The molecule has 2 atom stereocenters. The summed E-state index contributed by atoms with van der Waals surface area (Å²) in [7, 11) is 0. The number of nitrogens with zero attached hydrogens (tertiary/aromatic N) is 3. The van der Waals surface area contributed by atoms with Crippen molar-refractivity contribution in [3.8, 4) is 11.1 Å². The molecule has 1 fully saturated rings. The largest absolute Gasteiger partial charge is 0.480 e. The summed E-state index contributed by atoms with van der Waals surface area (Å²) < 4.78 is 30.2. The first-order valence-corrected chi connectivity index (χ1v) is 13.6. The zero-order chi connectivity index (χ0) is 30.0. The Bertz CT molecular complexity index is 1720. The topological polar surface area (TPSA) is 98.9 Å². The fourth-order valence-corrected chi connectivity index (χ4v) is 5.51. The maximum Gasteiger partial charge on any atom is 0.326 e. The summed E-state index contributed by atoms with van der Waals surface area (Å²) in [6.07, 6.45) is 1.41. The van der Waals surface area contributed by atoms with Crippen molar-refractivity contribution >= 4 is 45.8 Å². The molecule has 11 heteroatoms. The predicted octanol–water partition coefficient (Wildman–Crippen LogP) is 5.61. The highest BCUT2D eigenvalue weighted by molar-refractivity contribution is 6.34. The SMILES string of the molecule is [C-]#[N+]c1ccc(-c2ccc(C[C@H](NC(=O)c3c(F)cc(N4CCNC[C@@H]4C)cc3F)C(=O)O)c3cccnc23)c(Cl)c1. The van der Waals surface area contributed by atoms with E-state index in [1.807, 2.05) is 11.8 Å². The lowest BCUT2D eigenvalue weighted by atomic mass is 9.95. The minimum atomic E-state index is -1.49. The smallest absolute Gasteiger partial charge is 0.326 e. The first kappa shape index (κ1) is 28.9. The van der Waals surface area contributed by atoms with Crippen LogP contribution in [0.1, 0.15) is 22.8 Å². The van der Waals surface area contributed by atoms with E-state index in [1.54, 1.807) is 48.7 Å². The summed E-state index contributed by atoms with van der Waals surface area (Å²) in [4.78, 5) is 34.9. The van der Waals surface area contributed by atoms with Crippen molar-refractivity contribution in [1.29, 1.82) is 0 Å². The number of benzene rings is 3. The number of rotatable bonds is 7. The first-order valence-electron chi connectivity index (χ1n) is 13.2. The maximum absolute atomic E-state index is 15.1. The lowest BCUT2D eigenvalue weighted by Gasteiger charge is -2.36. The highest BCUT2D eigenvalue weighted by Crippen LogP contribution is 2.36. The molecule has 0 saturated carbocycles. The van der Waals surface area contributed by atoms with E-state index in [1.165, 1.54) is 0 Å². The predicted molar refractivity (Wildman–Crippen MR) is 157 cm³/mol. The molecule has 1 amide bonds. The van der Waals surface area contributed by atoms with Crippen molar-refractivity contribution in [2.24, 2.45) is 0 Å². The van der Waals surface area contributed by atoms with Gasteiger partial charge in [0.15, 0.2) is 5.69 Å². The molecular formula is C31H26ClF2N5O3. The van der Waals surface area contributed by atoms with Gasteiger partial charge >= 0.3 is 5.97 Å². The Morgan fingerprint density at radius 2 is 1.93 bits per heavy atom. The Balaban J connectivity index is 1.43. The molecule has 0 unspecified atom stereocenters. The van der Waals surface area contributed by atoms with Crippen LogP contribution in [0.4, 0.5) is 20.2 Å². The fourth-order valence-electron chi connectivity index (χ4n) is 5.24. The van der Waals surface area contributed by atoms with Gasteiger partial charge in [0, 0.05) is 60.0 Å². The van der Waals surface area contributed by atoms with Gasteiger partial charge in [0.2, 0.25) is 0 Å². The van der Waals surface area contributed by atoms with Crippen LogP contribution in [-0.4, -0.2) is 53.7 Å². The van der Waals surface area contributed by atoms with E-state index in [-0.39, 0.29) is 12.5 Å². The van der Waals surface area contributed by atoms with Crippen LogP contribution in [0.3, 0.4) is 0 Å². The molecule has 5 rings (SSSR count). The summed E-state index contributed by atoms with van der Waals surface area (Å²) in [5, 5.41) is 16.4. The van der Waals surface area contributed by atoms with Crippen LogP contribution in [0.5, 0.6) is 0 Å². The average Bonchev–Trinajstić information content (AvgIpc) is 2.97. The Morgan fingerprint density at radius 1 is 1.19 bits per heavy atom. The molecule has 2 heterocycles. The van der Waals surface area contributed by atoms with E-state index in [9.17, 15) is 14.7 Å². The van der Waals surface area contributed by atoms with E-state index < -0.39 is 35.1 Å². The molecule has 3 N–H and O–H groups in total. The number of halogens is 3. The summed E-state index contributed by atoms with van der Waals surface area (Å²) in [5.41, 5.74) is 2.27. The number of carboxylic acid groups (broad SMARTS) is 1. The summed E-state index contributed by atoms with van der Waals surface area (Å²) in [6.45, 7) is 11.0. The summed E-state index contributed by atoms with van der Waals surface area (Å²) in [6, 6.07) is 12.5. The molecule has 4 aromatic rings. The minimum absolute atomic E-state index is 0.00143. The van der Waals surface area contributed by atoms with E-state index >= 15 is 8.78 Å². The number of carbonyl (C=O) groups is 2. The van der Waals surface area contributed by atoms with E-state index in [4.69, 9.17) is 18.2 Å². The highest BCUT2D eigenvalue weighted by atomic mass is 35.5. The van der Waals surface area contributed by atoms with Crippen LogP contribution in [0, 0.1) is 18.2 Å². The lowest BCUT2D eigenvalue weighted by molar-refractivity contribution is -0.139. The van der Waals surface area contributed by atoms with Crippen molar-refractivity contribution in [3.63, 3.8) is 0 Å². The maximum atomic E-state index is 15.1. The average molecular weight is 590 g/mol. The molecular weight excluding hydrogens is 564 g/mol. The Hall–Kier alpha value is -4.59. The molecule has 1 aliphatic heterocycles. The molecule has 42 heavy (non-hydrogen) atoms. The van der Waals surface area contributed by atoms with Gasteiger partial charge in [0.05, 0.1) is 12.1 Å². The second-order valence-corrected chi connectivity index (χ2v) is 10.5. The van der Waals surface area contributed by atoms with E-state index in [0.29, 0.717) is 63.6 Å². The van der Waals surface area contributed by atoms with Gasteiger partial charge in [-0.15, -0.1) is 0 Å². The number of aromatic nitrogens is 1. The third-order valence-corrected chi connectivity index (χ3v) is 7.66. The molecule has 0 aliphatic carbocycles. The van der Waals surface area contributed by atoms with Crippen LogP contribution < -0.4 is 15.5 Å². The number of carboxylic acids is 1. The number of anilines is 1. The van der Waals surface area contributed by atoms with Crippen LogP contribution in [0.2, 0.25) is 5.02 Å². The number of carbonyl (C=O) groups excluding carboxylic acids is 1. The van der Waals surface area contributed by atoms with E-state index in [2.05, 4.69) is 20.5 Å². The Kier molecular flexibility index (Phi) is 8.34. The van der Waals surface area contributed by atoms with Gasteiger partial charge in [-0.1, -0.05) is 41.9 Å². The number of hydrogen-bond acceptors (Lipinski definition) is 5. The number of nitrogens with one attached hydrogen (secondary N) is 2. The van der Waals surface area contributed by atoms with Gasteiger partial charge in [0.1, 0.15) is 23.2 Å². The standard InChI is InChI=1S/C31H26ClF2N5O3/c1-17-16-36-10-11-39(17)20-14-25(33)28(26(34)15-20)30(40)38-27(31(41)42)12-18-5-7-23(29-21(18)4-3-9-37-29)22-8-6-19(35-2)13-24(22)32/h3-9,13-15,17,27,36H,10-12,16H2,1H3,(H,38,40)(H,41,42)/t17-,27-/m0/s1. The molecule has 1 aliphatic rings. The molecule has 1 saturated heterocycles. The lowest BCUT2D eigenvalue weighted by Crippen LogP contribution is -2.50. The quantitative estimate of drug-likeness (QED) is 0.243. The summed E-state index contributed by atoms with van der Waals surface area (Å²) >= 11 is 6.45. The van der Waals surface area contributed by atoms with Crippen molar-refractivity contribution in [3.05, 3.63) is 100.0 Å². The van der Waals surface area contributed by atoms with E-state index in [0.717, 1.165) is 12.1 Å². The van der Waals surface area contributed by atoms with Crippen molar-refractivity contribution in [2.45, 2.75) is 25.4 Å². The molecule has 0 radical (unpaired) electrons. The van der Waals surface area contributed by atoms with Gasteiger partial charge in [-0.05, 0) is 42.3 Å². The third-order valence-electron chi connectivity index (χ3n) is 7.35. The number of fused-ring (bicyclic) bond motifs is 1. The highest BCUT2D eigenvalue weighted by Gasteiger charge is 2.28. The Morgan fingerprint density at radius 3 is 2.60 bits per heavy atom. The zero-order valence-corrected chi connectivity index (χ0v) is 23.3. The number of pyridine rings is 1. The molecule has 8 nitrogen and oxygen atoms in total. The molecule has 1 aromatic heterocycles. The van der Waals surface area contributed by atoms with Gasteiger partial charge in [-0.3, -0.25) is 9.78 Å². The minimum Gasteiger partial charge on any atom is -0.480 e. The van der Waals surface area contributed by atoms with Crippen molar-refractivity contribution in [1.82, 2.24) is 15.6 Å². The monoisotopic (exact) mass is 589 g/mol. The third kappa shape index (κ3) is 5.75. The number of aliphatic carboxylic acids is 1. The second-order valence-electron chi connectivity index (χ2n) is 10.0. The Labute approximate surface area is 245 Å².